The van der Waals surface area contributed by atoms with Gasteiger partial charge in [0.05, 0.1) is 18.5 Å². The smallest absolute Gasteiger partial charge is 0.337 e. The molecule has 3 aliphatic rings. The van der Waals surface area contributed by atoms with Crippen LogP contribution in [0.2, 0.25) is 0 Å². The number of aliphatic carboxylic acids is 1. The molecule has 0 spiro atoms. The van der Waals surface area contributed by atoms with Crippen molar-refractivity contribution in [2.75, 3.05) is 5.75 Å². The van der Waals surface area contributed by atoms with E-state index in [-0.39, 0.29) is 17.7 Å². The predicted octanol–water partition coefficient (Wildman–Crippen LogP) is -0.560. The molecule has 0 saturated carbocycles. The van der Waals surface area contributed by atoms with E-state index in [4.69, 9.17) is 9.66 Å². The number of rotatable bonds is 7. The van der Waals surface area contributed by atoms with Crippen LogP contribution in [0.1, 0.15) is 32.1 Å². The molecule has 0 aliphatic carbocycles. The van der Waals surface area contributed by atoms with Crippen molar-refractivity contribution >= 4 is 45.7 Å². The van der Waals surface area contributed by atoms with Crippen LogP contribution in [-0.4, -0.2) is 80.2 Å². The fourth-order valence-electron chi connectivity index (χ4n) is 3.65. The molecule has 27 heavy (non-hydrogen) atoms. The van der Waals surface area contributed by atoms with E-state index >= 15 is 0 Å². The van der Waals surface area contributed by atoms with Gasteiger partial charge in [0.1, 0.15) is 0 Å². The van der Waals surface area contributed by atoms with Crippen LogP contribution in [0, 0.1) is 0 Å². The Morgan fingerprint density at radius 3 is 2.56 bits per heavy atom. The number of carbonyl (C=O) groups excluding carboxylic acids is 3. The zero-order chi connectivity index (χ0) is 19.9. The third kappa shape index (κ3) is 3.75. The largest absolute Gasteiger partial charge is 0.481 e. The number of urea groups is 1. The van der Waals surface area contributed by atoms with E-state index in [2.05, 4.69) is 5.32 Å². The number of nitrogens with zero attached hydrogens (tertiary/aromatic N) is 2. The summed E-state index contributed by atoms with van der Waals surface area (Å²) in [6.07, 6.45) is 0.978. The highest BCUT2D eigenvalue weighted by Crippen LogP contribution is 2.39. The van der Waals surface area contributed by atoms with Crippen molar-refractivity contribution in [1.82, 2.24) is 15.3 Å². The van der Waals surface area contributed by atoms with Crippen molar-refractivity contribution < 1.29 is 37.3 Å². The molecule has 3 rings (SSSR count). The van der Waals surface area contributed by atoms with E-state index in [0.717, 1.165) is 5.01 Å². The fourth-order valence-corrected chi connectivity index (χ4v) is 5.93. The lowest BCUT2D eigenvalue weighted by atomic mass is 10.0. The molecule has 3 N–H and O–H groups in total. The van der Waals surface area contributed by atoms with Crippen molar-refractivity contribution in [3.63, 3.8) is 0 Å². The minimum atomic E-state index is -4.76. The normalized spacial score (nSPS) is 30.8. The Morgan fingerprint density at radius 1 is 1.26 bits per heavy atom. The van der Waals surface area contributed by atoms with Gasteiger partial charge in [0, 0.05) is 17.4 Å². The number of thioether (sulfide) groups is 1. The maximum absolute atomic E-state index is 12.4. The summed E-state index contributed by atoms with van der Waals surface area (Å²) < 4.78 is 31.8. The minimum Gasteiger partial charge on any atom is -0.481 e. The van der Waals surface area contributed by atoms with Crippen LogP contribution in [0.5, 0.6) is 0 Å². The Labute approximate surface area is 159 Å². The average Bonchev–Trinajstić information content (AvgIpc) is 3.17. The quantitative estimate of drug-likeness (QED) is 0.212. The molecular weight excluding hydrogens is 402 g/mol. The van der Waals surface area contributed by atoms with Crippen molar-refractivity contribution in [3.8, 4) is 0 Å². The number of hydrazine groups is 1. The molecule has 3 heterocycles. The number of carboxylic acids is 1. The molecule has 3 fully saturated rings. The van der Waals surface area contributed by atoms with Crippen molar-refractivity contribution in [1.29, 1.82) is 0 Å². The van der Waals surface area contributed by atoms with Crippen LogP contribution in [0.4, 0.5) is 4.79 Å². The molecule has 0 radical (unpaired) electrons. The van der Waals surface area contributed by atoms with Gasteiger partial charge in [-0.15, -0.1) is 0 Å². The average molecular weight is 421 g/mol. The number of unbranched alkanes of at least 4 members (excludes halogenated alkanes) is 1. The van der Waals surface area contributed by atoms with E-state index in [1.807, 2.05) is 0 Å². The number of hydrogen-bond donors (Lipinski definition) is 3. The standard InChI is InChI=1S/C14H19N3O8S2/c18-10-5-9(27(23,24)25)13(21)16(10)17-12-7(15-14(17)22)6-26-8(12)3-1-2-4-11(19)20/h7-9,12H,1-6H2,(H,15,22)(H,19,20)(H,23,24,25)/t7-,8-,9?,12-/m1/s1. The maximum Gasteiger partial charge on any atom is 0.337 e. The lowest BCUT2D eigenvalue weighted by Crippen LogP contribution is -2.55. The summed E-state index contributed by atoms with van der Waals surface area (Å²) in [6.45, 7) is 0. The lowest BCUT2D eigenvalue weighted by molar-refractivity contribution is -0.154. The van der Waals surface area contributed by atoms with Crippen LogP contribution in [0.3, 0.4) is 0 Å². The van der Waals surface area contributed by atoms with E-state index in [1.165, 1.54) is 0 Å². The fraction of sp³-hybridized carbons (Fsp3) is 0.714. The van der Waals surface area contributed by atoms with E-state index < -0.39 is 51.6 Å². The summed E-state index contributed by atoms with van der Waals surface area (Å²) in [5.74, 6) is -2.33. The van der Waals surface area contributed by atoms with E-state index in [0.29, 0.717) is 30.0 Å². The molecule has 4 amide bonds. The summed E-state index contributed by atoms with van der Waals surface area (Å²) in [7, 11) is -4.76. The molecule has 3 aliphatic heterocycles. The molecule has 3 saturated heterocycles. The summed E-state index contributed by atoms with van der Waals surface area (Å²) in [6, 6.07) is -1.50. The first-order valence-electron chi connectivity index (χ1n) is 8.37. The molecule has 0 bridgehead atoms. The predicted molar refractivity (Wildman–Crippen MR) is 92.1 cm³/mol. The van der Waals surface area contributed by atoms with Gasteiger partial charge in [-0.3, -0.25) is 18.9 Å². The second kappa shape index (κ2) is 7.28. The SMILES string of the molecule is O=C(O)CCCC[C@H]1SC[C@H]2NC(=O)N(N3C(=O)CC(S(=O)(=O)O)C3=O)[C@H]21. The molecule has 0 aromatic heterocycles. The number of imide groups is 1. The molecule has 4 atom stereocenters. The first-order valence-corrected chi connectivity index (χ1v) is 10.9. The minimum absolute atomic E-state index is 0.0332. The highest BCUT2D eigenvalue weighted by Gasteiger charge is 2.57. The number of amides is 4. The first kappa shape index (κ1) is 19.9. The summed E-state index contributed by atoms with van der Waals surface area (Å²) in [4.78, 5) is 47.6. The Morgan fingerprint density at radius 2 is 1.96 bits per heavy atom. The highest BCUT2D eigenvalue weighted by molar-refractivity contribution is 8.00. The number of carboxylic acid groups (broad SMARTS) is 1. The van der Waals surface area contributed by atoms with Gasteiger partial charge < -0.3 is 10.4 Å². The van der Waals surface area contributed by atoms with Gasteiger partial charge in [0.25, 0.3) is 16.0 Å². The monoisotopic (exact) mass is 421 g/mol. The van der Waals surface area contributed by atoms with E-state index in [9.17, 15) is 27.6 Å². The zero-order valence-electron chi connectivity index (χ0n) is 14.1. The summed E-state index contributed by atoms with van der Waals surface area (Å²) >= 11 is 1.55. The van der Waals surface area contributed by atoms with Gasteiger partial charge in [-0.2, -0.15) is 25.2 Å². The third-order valence-electron chi connectivity index (χ3n) is 4.87. The van der Waals surface area contributed by atoms with Gasteiger partial charge in [0.15, 0.2) is 5.25 Å². The van der Waals surface area contributed by atoms with Crippen LogP contribution in [0.15, 0.2) is 0 Å². The van der Waals surface area contributed by atoms with E-state index in [1.54, 1.807) is 11.8 Å². The number of carbonyl (C=O) groups is 4. The Balaban J connectivity index is 1.76. The van der Waals surface area contributed by atoms with Crippen molar-refractivity contribution in [2.45, 2.75) is 54.7 Å². The first-order chi connectivity index (χ1) is 12.6. The molecule has 0 aromatic rings. The van der Waals surface area contributed by atoms with Crippen LogP contribution in [0.25, 0.3) is 0 Å². The van der Waals surface area contributed by atoms with Gasteiger partial charge in [-0.25, -0.2) is 9.80 Å². The van der Waals surface area contributed by atoms with Crippen molar-refractivity contribution in [3.05, 3.63) is 0 Å². The van der Waals surface area contributed by atoms with Crippen LogP contribution < -0.4 is 5.32 Å². The lowest BCUT2D eigenvalue weighted by Gasteiger charge is -2.32. The second-order valence-electron chi connectivity index (χ2n) is 6.65. The van der Waals surface area contributed by atoms with Gasteiger partial charge in [-0.1, -0.05) is 6.42 Å². The Bertz CT molecular complexity index is 785. The maximum atomic E-state index is 12.4. The molecule has 11 nitrogen and oxygen atoms in total. The summed E-state index contributed by atoms with van der Waals surface area (Å²) in [5.41, 5.74) is 0. The van der Waals surface area contributed by atoms with Crippen LogP contribution >= 0.6 is 11.8 Å². The van der Waals surface area contributed by atoms with Gasteiger partial charge in [0.2, 0.25) is 5.91 Å². The number of hydrogen-bond acceptors (Lipinski definition) is 7. The highest BCUT2D eigenvalue weighted by atomic mass is 32.2. The molecular formula is C14H19N3O8S2. The van der Waals surface area contributed by atoms with Gasteiger partial charge >= 0.3 is 12.0 Å². The number of fused-ring (bicyclic) bond motifs is 1. The molecule has 150 valence electrons. The zero-order valence-corrected chi connectivity index (χ0v) is 15.7. The Kier molecular flexibility index (Phi) is 5.36. The van der Waals surface area contributed by atoms with Crippen LogP contribution in [-0.2, 0) is 24.5 Å². The Hall–Kier alpha value is -1.86. The van der Waals surface area contributed by atoms with Crippen molar-refractivity contribution in [2.24, 2.45) is 0 Å². The number of nitrogens with one attached hydrogen (secondary N) is 1. The molecule has 1 unspecified atom stereocenters. The van der Waals surface area contributed by atoms with Gasteiger partial charge in [-0.05, 0) is 12.8 Å². The molecule has 13 heteroatoms. The second-order valence-corrected chi connectivity index (χ2v) is 9.53. The summed E-state index contributed by atoms with van der Waals surface area (Å²) in [5, 5.41) is 10.9. The topological polar surface area (TPSA) is 161 Å². The molecule has 0 aromatic carbocycles. The third-order valence-corrected chi connectivity index (χ3v) is 7.45.